The Morgan fingerprint density at radius 3 is 2.89 bits per heavy atom. The number of aryl methyl sites for hydroxylation is 1. The van der Waals surface area contributed by atoms with E-state index in [1.165, 1.54) is 4.90 Å². The van der Waals surface area contributed by atoms with E-state index in [0.717, 1.165) is 30.8 Å². The van der Waals surface area contributed by atoms with Gasteiger partial charge in [-0.2, -0.15) is 0 Å². The number of carboxylic acid groups (broad SMARTS) is 1. The number of hydrogen-bond donors (Lipinski definition) is 2. The summed E-state index contributed by atoms with van der Waals surface area (Å²) in [5.41, 5.74) is 7.91. The number of amides is 1. The monoisotopic (exact) mass is 264 g/mol. The van der Waals surface area contributed by atoms with Crippen LogP contribution in [0.15, 0.2) is 12.3 Å². The first-order valence-corrected chi connectivity index (χ1v) is 6.40. The fraction of sp³-hybridized carbons (Fsp3) is 0.538. The van der Waals surface area contributed by atoms with Crippen LogP contribution in [0.25, 0.3) is 0 Å². The van der Waals surface area contributed by atoms with E-state index in [2.05, 4.69) is 9.88 Å². The Kier molecular flexibility index (Phi) is 3.90. The maximum absolute atomic E-state index is 11.0. The zero-order valence-corrected chi connectivity index (χ0v) is 11.3. The predicted molar refractivity (Wildman–Crippen MR) is 72.9 cm³/mol. The van der Waals surface area contributed by atoms with Crippen LogP contribution in [0.3, 0.4) is 0 Å². The van der Waals surface area contributed by atoms with Crippen LogP contribution in [0.1, 0.15) is 18.1 Å². The molecule has 6 heteroatoms. The van der Waals surface area contributed by atoms with Crippen molar-refractivity contribution in [3.63, 3.8) is 0 Å². The van der Waals surface area contributed by atoms with Crippen molar-refractivity contribution >= 4 is 11.9 Å². The van der Waals surface area contributed by atoms with E-state index >= 15 is 0 Å². The summed E-state index contributed by atoms with van der Waals surface area (Å²) in [4.78, 5) is 18.9. The number of hydrogen-bond acceptors (Lipinski definition) is 4. The molecular formula is C13H20N4O2. The zero-order chi connectivity index (χ0) is 14.0. The maximum Gasteiger partial charge on any atom is 0.407 e. The Labute approximate surface area is 112 Å². The second kappa shape index (κ2) is 5.44. The molecule has 1 amide bonds. The molecule has 1 fully saturated rings. The molecule has 1 aromatic rings. The van der Waals surface area contributed by atoms with Gasteiger partial charge in [0.1, 0.15) is 5.82 Å². The lowest BCUT2D eigenvalue weighted by Crippen LogP contribution is -2.53. The molecular weight excluding hydrogens is 244 g/mol. The van der Waals surface area contributed by atoms with Gasteiger partial charge in [-0.15, -0.1) is 0 Å². The molecule has 0 spiro atoms. The van der Waals surface area contributed by atoms with E-state index in [1.54, 1.807) is 6.20 Å². The van der Waals surface area contributed by atoms with Gasteiger partial charge in [0.15, 0.2) is 0 Å². The number of nitrogens with two attached hydrogens (primary N) is 1. The first-order chi connectivity index (χ1) is 8.97. The summed E-state index contributed by atoms with van der Waals surface area (Å²) in [5.74, 6) is 0.533. The quantitative estimate of drug-likeness (QED) is 0.837. The summed E-state index contributed by atoms with van der Waals surface area (Å²) >= 11 is 0. The topological polar surface area (TPSA) is 82.7 Å². The molecule has 0 radical (unpaired) electrons. The van der Waals surface area contributed by atoms with Crippen molar-refractivity contribution in [1.29, 1.82) is 0 Å². The SMILES string of the molecule is Cc1cc(N)ncc1CN1CCN(C(=O)O)[C@@H](C)C1. The number of rotatable bonds is 2. The highest BCUT2D eigenvalue weighted by molar-refractivity contribution is 5.65. The second-order valence-electron chi connectivity index (χ2n) is 5.10. The number of aromatic nitrogens is 1. The van der Waals surface area contributed by atoms with Crippen molar-refractivity contribution < 1.29 is 9.90 Å². The Morgan fingerprint density at radius 1 is 1.58 bits per heavy atom. The molecule has 104 valence electrons. The van der Waals surface area contributed by atoms with Crippen molar-refractivity contribution in [1.82, 2.24) is 14.8 Å². The van der Waals surface area contributed by atoms with Crippen molar-refractivity contribution in [2.75, 3.05) is 25.4 Å². The van der Waals surface area contributed by atoms with Crippen molar-refractivity contribution in [3.8, 4) is 0 Å². The van der Waals surface area contributed by atoms with Gasteiger partial charge in [0.2, 0.25) is 0 Å². The molecule has 0 bridgehead atoms. The number of nitrogens with zero attached hydrogens (tertiary/aromatic N) is 3. The normalized spacial score (nSPS) is 20.5. The van der Waals surface area contributed by atoms with Crippen LogP contribution in [0.4, 0.5) is 10.6 Å². The predicted octanol–water partition coefficient (Wildman–Crippen LogP) is 1.16. The third kappa shape index (κ3) is 3.14. The van der Waals surface area contributed by atoms with Crippen molar-refractivity contribution in [2.24, 2.45) is 0 Å². The minimum atomic E-state index is -0.836. The highest BCUT2D eigenvalue weighted by atomic mass is 16.4. The molecule has 6 nitrogen and oxygen atoms in total. The number of carbonyl (C=O) groups is 1. The molecule has 0 unspecified atom stereocenters. The van der Waals surface area contributed by atoms with E-state index in [0.29, 0.717) is 12.4 Å². The third-order valence-corrected chi connectivity index (χ3v) is 3.59. The Morgan fingerprint density at radius 2 is 2.32 bits per heavy atom. The highest BCUT2D eigenvalue weighted by Crippen LogP contribution is 2.16. The average Bonchev–Trinajstić information content (AvgIpc) is 2.32. The summed E-state index contributed by atoms with van der Waals surface area (Å²) in [6, 6.07) is 1.89. The zero-order valence-electron chi connectivity index (χ0n) is 11.3. The molecule has 1 aliphatic rings. The van der Waals surface area contributed by atoms with E-state index in [4.69, 9.17) is 10.8 Å². The molecule has 2 heterocycles. The minimum absolute atomic E-state index is 0.0216. The Hall–Kier alpha value is -1.82. The van der Waals surface area contributed by atoms with Gasteiger partial charge in [-0.05, 0) is 31.0 Å². The van der Waals surface area contributed by atoms with Crippen LogP contribution < -0.4 is 5.73 Å². The number of piperazine rings is 1. The van der Waals surface area contributed by atoms with Gasteiger partial charge in [-0.1, -0.05) is 0 Å². The summed E-state index contributed by atoms with van der Waals surface area (Å²) in [6.07, 6.45) is 0.969. The van der Waals surface area contributed by atoms with Gasteiger partial charge >= 0.3 is 6.09 Å². The Bertz CT molecular complexity index is 478. The molecule has 0 aliphatic carbocycles. The van der Waals surface area contributed by atoms with Crippen LogP contribution in [-0.2, 0) is 6.54 Å². The summed E-state index contributed by atoms with van der Waals surface area (Å²) in [7, 11) is 0. The van der Waals surface area contributed by atoms with Crippen LogP contribution >= 0.6 is 0 Å². The van der Waals surface area contributed by atoms with E-state index in [9.17, 15) is 4.79 Å². The lowest BCUT2D eigenvalue weighted by molar-refractivity contribution is 0.0710. The molecule has 19 heavy (non-hydrogen) atoms. The van der Waals surface area contributed by atoms with Gasteiger partial charge in [0, 0.05) is 38.4 Å². The molecule has 0 saturated carbocycles. The van der Waals surface area contributed by atoms with Gasteiger partial charge in [0.25, 0.3) is 0 Å². The molecule has 1 aromatic heterocycles. The number of anilines is 1. The molecule has 2 rings (SSSR count). The lowest BCUT2D eigenvalue weighted by Gasteiger charge is -2.38. The molecule has 0 aromatic carbocycles. The van der Waals surface area contributed by atoms with E-state index < -0.39 is 6.09 Å². The minimum Gasteiger partial charge on any atom is -0.465 e. The van der Waals surface area contributed by atoms with Gasteiger partial charge < -0.3 is 15.7 Å². The van der Waals surface area contributed by atoms with Crippen molar-refractivity contribution in [2.45, 2.75) is 26.4 Å². The summed E-state index contributed by atoms with van der Waals surface area (Å²) in [5, 5.41) is 9.04. The highest BCUT2D eigenvalue weighted by Gasteiger charge is 2.27. The molecule has 3 N–H and O–H groups in total. The van der Waals surface area contributed by atoms with Crippen LogP contribution in [0.5, 0.6) is 0 Å². The third-order valence-electron chi connectivity index (χ3n) is 3.59. The first kappa shape index (κ1) is 13.6. The lowest BCUT2D eigenvalue weighted by atomic mass is 10.1. The van der Waals surface area contributed by atoms with E-state index in [1.807, 2.05) is 19.9 Å². The average molecular weight is 264 g/mol. The largest absolute Gasteiger partial charge is 0.465 e. The fourth-order valence-electron chi connectivity index (χ4n) is 2.47. The van der Waals surface area contributed by atoms with Crippen LogP contribution in [0, 0.1) is 6.92 Å². The standard InChI is InChI=1S/C13H20N4O2/c1-9-5-12(14)15-6-11(9)8-16-3-4-17(13(18)19)10(2)7-16/h5-6,10H,3-4,7-8H2,1-2H3,(H2,14,15)(H,18,19)/t10-/m0/s1. The smallest absolute Gasteiger partial charge is 0.407 e. The van der Waals surface area contributed by atoms with Crippen molar-refractivity contribution in [3.05, 3.63) is 23.4 Å². The molecule has 1 saturated heterocycles. The maximum atomic E-state index is 11.0. The van der Waals surface area contributed by atoms with Crippen LogP contribution in [-0.4, -0.2) is 51.7 Å². The van der Waals surface area contributed by atoms with Gasteiger partial charge in [0.05, 0.1) is 0 Å². The van der Waals surface area contributed by atoms with Gasteiger partial charge in [-0.25, -0.2) is 9.78 Å². The summed E-state index contributed by atoms with van der Waals surface area (Å²) < 4.78 is 0. The molecule has 1 aliphatic heterocycles. The fourth-order valence-corrected chi connectivity index (χ4v) is 2.47. The second-order valence-corrected chi connectivity index (χ2v) is 5.10. The molecule has 1 atom stereocenters. The van der Waals surface area contributed by atoms with Crippen LogP contribution in [0.2, 0.25) is 0 Å². The number of nitrogen functional groups attached to an aromatic ring is 1. The Balaban J connectivity index is 2.00. The first-order valence-electron chi connectivity index (χ1n) is 6.40. The summed E-state index contributed by atoms with van der Waals surface area (Å²) in [6.45, 7) is 6.80. The van der Waals surface area contributed by atoms with Gasteiger partial charge in [-0.3, -0.25) is 4.90 Å². The van der Waals surface area contributed by atoms with E-state index in [-0.39, 0.29) is 6.04 Å². The number of pyridine rings is 1.